The summed E-state index contributed by atoms with van der Waals surface area (Å²) in [5, 5.41) is 9.71. The highest BCUT2D eigenvalue weighted by Gasteiger charge is 2.77. The fraction of sp³-hybridized carbons (Fsp3) is 0.720. The minimum absolute atomic E-state index is 0.0849. The van der Waals surface area contributed by atoms with Crippen LogP contribution in [-0.4, -0.2) is 81.1 Å². The van der Waals surface area contributed by atoms with Gasteiger partial charge in [0.05, 0.1) is 29.8 Å². The van der Waals surface area contributed by atoms with Crippen molar-refractivity contribution in [3.8, 4) is 0 Å². The van der Waals surface area contributed by atoms with Crippen LogP contribution in [0.15, 0.2) is 25.3 Å². The molecular formula is C25H38N2O5S. The number of hydrogen-bond acceptors (Lipinski definition) is 6. The molecule has 0 radical (unpaired) electrons. The second-order valence-corrected chi connectivity index (χ2v) is 11.4. The highest BCUT2D eigenvalue weighted by Crippen LogP contribution is 2.71. The standard InChI is InChI=1S/C25H38N2O5S/c1-5-8-10-17-32-23(31)19-18-21(29)27(15-16-28)20(25(18)12-11-24(19,4)33-25)22(30)26(13-7-3)14-9-6-2/h5,7,18-20,28H,1,3,6,8-17H2,2,4H3/t18-,19+,20?,24-,25?/m0/s1. The third-order valence-corrected chi connectivity index (χ3v) is 9.33. The van der Waals surface area contributed by atoms with Gasteiger partial charge in [0, 0.05) is 24.4 Å². The van der Waals surface area contributed by atoms with Crippen LogP contribution in [0.3, 0.4) is 0 Å². The second-order valence-electron chi connectivity index (χ2n) is 9.51. The Morgan fingerprint density at radius 3 is 2.70 bits per heavy atom. The van der Waals surface area contributed by atoms with E-state index in [0.717, 1.165) is 25.7 Å². The highest BCUT2D eigenvalue weighted by atomic mass is 32.2. The molecule has 184 valence electrons. The lowest BCUT2D eigenvalue weighted by molar-refractivity contribution is -0.155. The average Bonchev–Trinajstić information content (AvgIpc) is 3.35. The number of hydrogen-bond donors (Lipinski definition) is 1. The summed E-state index contributed by atoms with van der Waals surface area (Å²) in [5.41, 5.74) is 0. The molecule has 0 aromatic heterocycles. The minimum Gasteiger partial charge on any atom is -0.465 e. The van der Waals surface area contributed by atoms with Gasteiger partial charge in [-0.1, -0.05) is 25.5 Å². The Morgan fingerprint density at radius 1 is 1.30 bits per heavy atom. The number of aliphatic hydroxyl groups is 1. The van der Waals surface area contributed by atoms with Gasteiger partial charge < -0.3 is 19.6 Å². The Bertz CT molecular complexity index is 789. The molecule has 3 aliphatic rings. The van der Waals surface area contributed by atoms with Crippen molar-refractivity contribution in [3.05, 3.63) is 25.3 Å². The van der Waals surface area contributed by atoms with Gasteiger partial charge in [-0.25, -0.2) is 0 Å². The van der Waals surface area contributed by atoms with Crippen molar-refractivity contribution >= 4 is 29.5 Å². The summed E-state index contributed by atoms with van der Waals surface area (Å²) < 4.78 is 4.49. The van der Waals surface area contributed by atoms with Crippen molar-refractivity contribution in [2.45, 2.75) is 67.9 Å². The molecule has 33 heavy (non-hydrogen) atoms. The first-order valence-electron chi connectivity index (χ1n) is 12.1. The number of aliphatic hydroxyl groups excluding tert-OH is 1. The average molecular weight is 479 g/mol. The molecule has 5 atom stereocenters. The molecule has 3 saturated heterocycles. The number of likely N-dealkylation sites (tertiary alicyclic amines) is 1. The molecule has 3 heterocycles. The fourth-order valence-corrected chi connectivity index (χ4v) is 8.21. The number of esters is 1. The molecule has 1 N–H and O–H groups in total. The topological polar surface area (TPSA) is 87.1 Å². The quantitative estimate of drug-likeness (QED) is 0.249. The van der Waals surface area contributed by atoms with E-state index in [9.17, 15) is 19.5 Å². The van der Waals surface area contributed by atoms with Crippen LogP contribution in [0.1, 0.15) is 52.4 Å². The summed E-state index contributed by atoms with van der Waals surface area (Å²) >= 11 is 1.63. The number of ether oxygens (including phenoxy) is 1. The molecule has 3 rings (SSSR count). The Morgan fingerprint density at radius 2 is 2.06 bits per heavy atom. The third-order valence-electron chi connectivity index (χ3n) is 7.35. The number of amides is 2. The molecule has 7 nitrogen and oxygen atoms in total. The van der Waals surface area contributed by atoms with Crippen molar-refractivity contribution in [1.29, 1.82) is 0 Å². The van der Waals surface area contributed by atoms with Crippen LogP contribution in [0, 0.1) is 11.8 Å². The summed E-state index contributed by atoms with van der Waals surface area (Å²) in [4.78, 5) is 44.1. The zero-order valence-corrected chi connectivity index (χ0v) is 20.8. The number of β-amino-alcohol motifs (C(OH)–C–C–N with tert-alkyl or cyclic N) is 1. The van der Waals surface area contributed by atoms with Gasteiger partial charge in [-0.2, -0.15) is 0 Å². The number of allylic oxidation sites excluding steroid dienone is 1. The lowest BCUT2D eigenvalue weighted by Gasteiger charge is -2.37. The summed E-state index contributed by atoms with van der Waals surface area (Å²) in [6, 6.07) is -0.690. The van der Waals surface area contributed by atoms with Crippen LogP contribution >= 0.6 is 11.8 Å². The lowest BCUT2D eigenvalue weighted by atomic mass is 9.66. The van der Waals surface area contributed by atoms with Gasteiger partial charge in [0.2, 0.25) is 11.8 Å². The van der Waals surface area contributed by atoms with Gasteiger partial charge in [0.25, 0.3) is 0 Å². The van der Waals surface area contributed by atoms with Crippen molar-refractivity contribution in [3.63, 3.8) is 0 Å². The SMILES string of the molecule is C=CCCCOC(=O)[C@H]1[C@H]2C(=O)N(CCO)C(C(=O)N(CC=C)CCCC)C23CC[C@]1(C)S3. The van der Waals surface area contributed by atoms with Gasteiger partial charge in [0.1, 0.15) is 6.04 Å². The smallest absolute Gasteiger partial charge is 0.311 e. The number of carbonyl (C=O) groups excluding carboxylic acids is 3. The minimum atomic E-state index is -0.690. The lowest BCUT2D eigenvalue weighted by Crippen LogP contribution is -2.55. The number of unbranched alkanes of at least 4 members (excludes halogenated alkanes) is 2. The zero-order chi connectivity index (χ0) is 24.2. The second kappa shape index (κ2) is 10.6. The third kappa shape index (κ3) is 4.48. The van der Waals surface area contributed by atoms with E-state index in [2.05, 4.69) is 20.1 Å². The molecular weight excluding hydrogens is 440 g/mol. The molecule has 2 bridgehead atoms. The van der Waals surface area contributed by atoms with Gasteiger partial charge in [-0.15, -0.1) is 24.9 Å². The van der Waals surface area contributed by atoms with E-state index in [-0.39, 0.29) is 30.9 Å². The maximum atomic E-state index is 13.9. The summed E-state index contributed by atoms with van der Waals surface area (Å²) in [6.45, 7) is 12.7. The molecule has 3 fully saturated rings. The van der Waals surface area contributed by atoms with Gasteiger partial charge in [0.15, 0.2) is 0 Å². The summed E-state index contributed by atoms with van der Waals surface area (Å²) in [5.74, 6) is -1.86. The molecule has 0 aromatic rings. The summed E-state index contributed by atoms with van der Waals surface area (Å²) in [6.07, 6.45) is 8.20. The van der Waals surface area contributed by atoms with Gasteiger partial charge in [-0.3, -0.25) is 14.4 Å². The highest BCUT2D eigenvalue weighted by molar-refractivity contribution is 8.02. The normalized spacial score (nSPS) is 32.0. The Balaban J connectivity index is 1.94. The van der Waals surface area contributed by atoms with Crippen molar-refractivity contribution < 1.29 is 24.2 Å². The Hall–Kier alpha value is -1.80. The summed E-state index contributed by atoms with van der Waals surface area (Å²) in [7, 11) is 0. The molecule has 0 saturated carbocycles. The van der Waals surface area contributed by atoms with E-state index in [4.69, 9.17) is 4.74 Å². The van der Waals surface area contributed by atoms with Gasteiger partial charge in [-0.05, 0) is 39.0 Å². The fourth-order valence-electron chi connectivity index (χ4n) is 5.87. The first-order valence-corrected chi connectivity index (χ1v) is 12.9. The predicted octanol–water partition coefficient (Wildman–Crippen LogP) is 2.78. The van der Waals surface area contributed by atoms with Crippen LogP contribution in [0.4, 0.5) is 0 Å². The van der Waals surface area contributed by atoms with Crippen LogP contribution in [0.25, 0.3) is 0 Å². The van der Waals surface area contributed by atoms with Crippen LogP contribution in [0.2, 0.25) is 0 Å². The molecule has 3 aliphatic heterocycles. The van der Waals surface area contributed by atoms with E-state index in [0.29, 0.717) is 32.5 Å². The van der Waals surface area contributed by atoms with Crippen molar-refractivity contribution in [2.24, 2.45) is 11.8 Å². The Kier molecular flexibility index (Phi) is 8.32. The van der Waals surface area contributed by atoms with Crippen LogP contribution < -0.4 is 0 Å². The van der Waals surface area contributed by atoms with E-state index in [1.807, 2.05) is 6.92 Å². The van der Waals surface area contributed by atoms with E-state index in [1.165, 1.54) is 4.90 Å². The molecule has 2 amide bonds. The monoisotopic (exact) mass is 478 g/mol. The van der Waals surface area contributed by atoms with E-state index < -0.39 is 27.4 Å². The van der Waals surface area contributed by atoms with Crippen molar-refractivity contribution in [1.82, 2.24) is 9.80 Å². The molecule has 8 heteroatoms. The molecule has 2 unspecified atom stereocenters. The number of nitrogens with zero attached hydrogens (tertiary/aromatic N) is 2. The largest absolute Gasteiger partial charge is 0.465 e. The maximum absolute atomic E-state index is 13.9. The molecule has 1 spiro atoms. The molecule has 0 aromatic carbocycles. The first kappa shape index (κ1) is 25.8. The maximum Gasteiger partial charge on any atom is 0.311 e. The predicted molar refractivity (Wildman–Crippen MR) is 130 cm³/mol. The number of fused-ring (bicyclic) bond motifs is 1. The first-order chi connectivity index (χ1) is 15.8. The Labute approximate surface area is 201 Å². The van der Waals surface area contributed by atoms with Crippen molar-refractivity contribution in [2.75, 3.05) is 32.8 Å². The zero-order valence-electron chi connectivity index (χ0n) is 20.0. The number of thioether (sulfide) groups is 1. The van der Waals surface area contributed by atoms with Crippen LogP contribution in [-0.2, 0) is 19.1 Å². The van der Waals surface area contributed by atoms with Gasteiger partial charge >= 0.3 is 5.97 Å². The molecule has 0 aliphatic carbocycles. The van der Waals surface area contributed by atoms with Crippen LogP contribution in [0.5, 0.6) is 0 Å². The van der Waals surface area contributed by atoms with E-state index >= 15 is 0 Å². The van der Waals surface area contributed by atoms with E-state index in [1.54, 1.807) is 28.8 Å². The number of rotatable bonds is 13. The number of carbonyl (C=O) groups is 3.